The highest BCUT2D eigenvalue weighted by Crippen LogP contribution is 2.20. The topological polar surface area (TPSA) is 79.2 Å². The van der Waals surface area contributed by atoms with E-state index in [1.54, 1.807) is 0 Å². The predicted molar refractivity (Wildman–Crippen MR) is 39.4 cm³/mol. The molecule has 0 spiro atoms. The lowest BCUT2D eigenvalue weighted by Gasteiger charge is -2.35. The van der Waals surface area contributed by atoms with E-state index in [2.05, 4.69) is 0 Å². The van der Waals surface area contributed by atoms with Crippen LogP contribution in [0.3, 0.4) is 0 Å². The van der Waals surface area contributed by atoms with Crippen LogP contribution in [0.1, 0.15) is 6.42 Å². The maximum atomic E-state index is 9.31. The summed E-state index contributed by atoms with van der Waals surface area (Å²) >= 11 is 0. The largest absolute Gasteiger partial charge is 0.394 e. The Labute approximate surface area is 70.5 Å². The Bertz CT molecular complexity index is 124. The lowest BCUT2D eigenvalue weighted by Crippen LogP contribution is -2.49. The van der Waals surface area contributed by atoms with E-state index in [1.807, 2.05) is 0 Å². The van der Waals surface area contributed by atoms with Crippen LogP contribution in [0.2, 0.25) is 0 Å². The third-order valence-electron chi connectivity index (χ3n) is 2.02. The molecule has 1 heterocycles. The van der Waals surface area contributed by atoms with Crippen molar-refractivity contribution < 1.29 is 24.8 Å². The lowest BCUT2D eigenvalue weighted by atomic mass is 10.0. The number of hydrogen-bond donors (Lipinski definition) is 3. The van der Waals surface area contributed by atoms with Gasteiger partial charge in [-0.1, -0.05) is 0 Å². The van der Waals surface area contributed by atoms with E-state index in [4.69, 9.17) is 14.6 Å². The molecule has 0 aromatic heterocycles. The van der Waals surface area contributed by atoms with Crippen LogP contribution >= 0.6 is 0 Å². The van der Waals surface area contributed by atoms with Gasteiger partial charge in [0.15, 0.2) is 6.29 Å². The molecule has 0 aromatic carbocycles. The van der Waals surface area contributed by atoms with Crippen molar-refractivity contribution in [2.45, 2.75) is 31.0 Å². The lowest BCUT2D eigenvalue weighted by molar-refractivity contribution is -0.256. The molecule has 1 fully saturated rings. The molecule has 0 aromatic rings. The molecule has 5 heteroatoms. The van der Waals surface area contributed by atoms with Crippen molar-refractivity contribution in [2.75, 3.05) is 13.7 Å². The Kier molecular flexibility index (Phi) is 3.42. The molecule has 5 nitrogen and oxygen atoms in total. The maximum absolute atomic E-state index is 9.31. The molecule has 3 N–H and O–H groups in total. The molecule has 0 radical (unpaired) electrons. The minimum absolute atomic E-state index is 0.281. The Balaban J connectivity index is 2.49. The Morgan fingerprint density at radius 2 is 2.17 bits per heavy atom. The minimum Gasteiger partial charge on any atom is -0.394 e. The molecule has 1 rings (SSSR count). The van der Waals surface area contributed by atoms with Crippen molar-refractivity contribution in [2.24, 2.45) is 0 Å². The highest BCUT2D eigenvalue weighted by Gasteiger charge is 2.35. The van der Waals surface area contributed by atoms with Crippen LogP contribution in [-0.4, -0.2) is 53.6 Å². The highest BCUT2D eigenvalue weighted by atomic mass is 16.6. The van der Waals surface area contributed by atoms with Gasteiger partial charge in [-0.05, 0) is 0 Å². The van der Waals surface area contributed by atoms with Gasteiger partial charge in [0.05, 0.1) is 12.7 Å². The standard InChI is InChI=1S/C7H14O5/c1-11-5-2-4(9)6(3-8)12-7(5)10/h4-10H,2-3H2,1H3/t4-,5-,6+,7-/m0/s1. The molecule has 0 aliphatic carbocycles. The second-order valence-corrected chi connectivity index (χ2v) is 2.82. The highest BCUT2D eigenvalue weighted by molar-refractivity contribution is 4.80. The number of rotatable bonds is 2. The quantitative estimate of drug-likeness (QED) is 0.477. The normalized spacial score (nSPS) is 43.0. The average molecular weight is 178 g/mol. The van der Waals surface area contributed by atoms with Crippen LogP contribution < -0.4 is 0 Å². The summed E-state index contributed by atoms with van der Waals surface area (Å²) < 4.78 is 9.73. The fraction of sp³-hybridized carbons (Fsp3) is 1.00. The summed E-state index contributed by atoms with van der Waals surface area (Å²) in [6.07, 6.45) is -2.77. The summed E-state index contributed by atoms with van der Waals surface area (Å²) in [6, 6.07) is 0. The van der Waals surface area contributed by atoms with E-state index in [0.717, 1.165) is 0 Å². The zero-order valence-corrected chi connectivity index (χ0v) is 6.88. The van der Waals surface area contributed by atoms with E-state index in [-0.39, 0.29) is 13.0 Å². The number of aliphatic hydroxyl groups is 3. The molecule has 72 valence electrons. The van der Waals surface area contributed by atoms with E-state index in [0.29, 0.717) is 0 Å². The Hall–Kier alpha value is -0.200. The molecule has 0 amide bonds. The van der Waals surface area contributed by atoms with Crippen LogP contribution in [0.5, 0.6) is 0 Å². The van der Waals surface area contributed by atoms with Gasteiger partial charge in [-0.2, -0.15) is 0 Å². The predicted octanol–water partition coefficient (Wildman–Crippen LogP) is -1.54. The fourth-order valence-electron chi connectivity index (χ4n) is 1.24. The van der Waals surface area contributed by atoms with E-state index in [1.165, 1.54) is 7.11 Å². The average Bonchev–Trinajstić information content (AvgIpc) is 2.08. The first kappa shape index (κ1) is 9.88. The van der Waals surface area contributed by atoms with Gasteiger partial charge >= 0.3 is 0 Å². The van der Waals surface area contributed by atoms with Crippen LogP contribution in [0.25, 0.3) is 0 Å². The third-order valence-corrected chi connectivity index (χ3v) is 2.02. The Morgan fingerprint density at radius 1 is 1.50 bits per heavy atom. The van der Waals surface area contributed by atoms with Crippen molar-refractivity contribution >= 4 is 0 Å². The summed E-state index contributed by atoms with van der Waals surface area (Å²) in [5.74, 6) is 0. The van der Waals surface area contributed by atoms with Gasteiger partial charge in [0, 0.05) is 13.5 Å². The fourth-order valence-corrected chi connectivity index (χ4v) is 1.24. The Morgan fingerprint density at radius 3 is 2.67 bits per heavy atom. The molecule has 4 atom stereocenters. The summed E-state index contributed by atoms with van der Waals surface area (Å²) in [5.41, 5.74) is 0. The van der Waals surface area contributed by atoms with Crippen molar-refractivity contribution in [1.29, 1.82) is 0 Å². The van der Waals surface area contributed by atoms with Crippen molar-refractivity contribution in [3.8, 4) is 0 Å². The molecule has 12 heavy (non-hydrogen) atoms. The second-order valence-electron chi connectivity index (χ2n) is 2.82. The number of aliphatic hydroxyl groups excluding tert-OH is 3. The van der Waals surface area contributed by atoms with Gasteiger partial charge in [0.25, 0.3) is 0 Å². The second kappa shape index (κ2) is 4.15. The third kappa shape index (κ3) is 1.94. The van der Waals surface area contributed by atoms with Gasteiger partial charge in [-0.25, -0.2) is 0 Å². The summed E-state index contributed by atoms with van der Waals surface area (Å²) in [6.45, 7) is -0.297. The van der Waals surface area contributed by atoms with Crippen molar-refractivity contribution in [3.63, 3.8) is 0 Å². The minimum atomic E-state index is -1.06. The molecular weight excluding hydrogens is 164 g/mol. The van der Waals surface area contributed by atoms with Gasteiger partial charge in [-0.3, -0.25) is 0 Å². The number of methoxy groups -OCH3 is 1. The van der Waals surface area contributed by atoms with Crippen LogP contribution in [0.4, 0.5) is 0 Å². The zero-order chi connectivity index (χ0) is 9.14. The molecule has 1 saturated heterocycles. The first-order valence-electron chi connectivity index (χ1n) is 3.84. The maximum Gasteiger partial charge on any atom is 0.181 e. The number of ether oxygens (including phenoxy) is 2. The molecule has 1 aliphatic rings. The van der Waals surface area contributed by atoms with Gasteiger partial charge in [0.2, 0.25) is 0 Å². The molecular formula is C7H14O5. The van der Waals surface area contributed by atoms with Crippen LogP contribution in [0, 0.1) is 0 Å². The first-order chi connectivity index (χ1) is 5.69. The van der Waals surface area contributed by atoms with Crippen LogP contribution in [0.15, 0.2) is 0 Å². The van der Waals surface area contributed by atoms with E-state index >= 15 is 0 Å². The molecule has 0 unspecified atom stereocenters. The SMILES string of the molecule is CO[C@H]1C[C@H](O)[C@@H](CO)O[C@@H]1O. The van der Waals surface area contributed by atoms with Crippen molar-refractivity contribution in [3.05, 3.63) is 0 Å². The molecule has 0 bridgehead atoms. The van der Waals surface area contributed by atoms with Crippen LogP contribution in [-0.2, 0) is 9.47 Å². The summed E-state index contributed by atoms with van der Waals surface area (Å²) in [5, 5.41) is 27.2. The van der Waals surface area contributed by atoms with E-state index < -0.39 is 24.6 Å². The zero-order valence-electron chi connectivity index (χ0n) is 6.88. The number of hydrogen-bond acceptors (Lipinski definition) is 5. The summed E-state index contributed by atoms with van der Waals surface area (Å²) in [7, 11) is 1.43. The van der Waals surface area contributed by atoms with Gasteiger partial charge in [-0.15, -0.1) is 0 Å². The monoisotopic (exact) mass is 178 g/mol. The molecule has 0 saturated carbocycles. The summed E-state index contributed by atoms with van der Waals surface area (Å²) in [4.78, 5) is 0. The molecule has 1 aliphatic heterocycles. The smallest absolute Gasteiger partial charge is 0.181 e. The van der Waals surface area contributed by atoms with E-state index in [9.17, 15) is 10.2 Å². The van der Waals surface area contributed by atoms with Gasteiger partial charge < -0.3 is 24.8 Å². The van der Waals surface area contributed by atoms with Crippen molar-refractivity contribution in [1.82, 2.24) is 0 Å². The first-order valence-corrected chi connectivity index (χ1v) is 3.84. The van der Waals surface area contributed by atoms with Gasteiger partial charge in [0.1, 0.15) is 12.2 Å².